The first kappa shape index (κ1) is 31.6. The molecular weight excluding hydrogens is 545 g/mol. The van der Waals surface area contributed by atoms with E-state index < -0.39 is 34.3 Å². The number of sulfonamides is 1. The molecule has 0 heterocycles. The number of para-hydroxylation sites is 1. The smallest absolute Gasteiger partial charge is 0.264 e. The summed E-state index contributed by atoms with van der Waals surface area (Å²) in [6.45, 7) is 5.41. The minimum atomic E-state index is -4.35. The third-order valence-electron chi connectivity index (χ3n) is 6.74. The molecule has 0 saturated carbocycles. The number of anilines is 1. The van der Waals surface area contributed by atoms with Crippen molar-refractivity contribution in [2.24, 2.45) is 0 Å². The van der Waals surface area contributed by atoms with Gasteiger partial charge in [-0.15, -0.1) is 0 Å². The third-order valence-corrected chi connectivity index (χ3v) is 8.51. The maximum Gasteiger partial charge on any atom is 0.264 e. The van der Waals surface area contributed by atoms with Gasteiger partial charge in [-0.3, -0.25) is 13.9 Å². The van der Waals surface area contributed by atoms with E-state index in [1.165, 1.54) is 35.2 Å². The van der Waals surface area contributed by atoms with Gasteiger partial charge in [0.05, 0.1) is 17.7 Å². The molecule has 0 saturated heterocycles. The van der Waals surface area contributed by atoms with E-state index in [0.29, 0.717) is 18.7 Å². The average Bonchev–Trinajstić information content (AvgIpc) is 2.96. The van der Waals surface area contributed by atoms with E-state index in [1.54, 1.807) is 50.4 Å². The highest BCUT2D eigenvalue weighted by Crippen LogP contribution is 2.27. The Hall–Kier alpha value is -3.92. The number of amides is 2. The molecule has 220 valence electrons. The third kappa shape index (κ3) is 8.07. The molecule has 0 radical (unpaired) electrons. The van der Waals surface area contributed by atoms with E-state index >= 15 is 4.39 Å². The number of hydrogen-bond acceptors (Lipinski definition) is 5. The topological polar surface area (TPSA) is 96.0 Å². The van der Waals surface area contributed by atoms with Crippen molar-refractivity contribution in [2.45, 2.75) is 57.5 Å². The van der Waals surface area contributed by atoms with Crippen LogP contribution in [0.2, 0.25) is 0 Å². The molecule has 3 aromatic carbocycles. The maximum atomic E-state index is 15.0. The fourth-order valence-corrected chi connectivity index (χ4v) is 5.78. The number of hydrogen-bond donors (Lipinski definition) is 1. The number of nitrogens with one attached hydrogen (secondary N) is 1. The van der Waals surface area contributed by atoms with Gasteiger partial charge in [0, 0.05) is 13.1 Å². The Bertz CT molecular complexity index is 1410. The first-order valence-electron chi connectivity index (χ1n) is 13.7. The Morgan fingerprint density at radius 3 is 2.22 bits per heavy atom. The lowest BCUT2D eigenvalue weighted by Crippen LogP contribution is -2.52. The van der Waals surface area contributed by atoms with Gasteiger partial charge >= 0.3 is 0 Å². The number of ether oxygens (including phenoxy) is 1. The van der Waals surface area contributed by atoms with Crippen LogP contribution in [-0.4, -0.2) is 51.4 Å². The molecule has 0 aromatic heterocycles. The summed E-state index contributed by atoms with van der Waals surface area (Å²) in [5, 5.41) is 2.88. The van der Waals surface area contributed by atoms with E-state index in [4.69, 9.17) is 4.74 Å². The van der Waals surface area contributed by atoms with Crippen LogP contribution < -0.4 is 14.4 Å². The highest BCUT2D eigenvalue weighted by molar-refractivity contribution is 7.92. The van der Waals surface area contributed by atoms with Gasteiger partial charge in [0.15, 0.2) is 0 Å². The summed E-state index contributed by atoms with van der Waals surface area (Å²) in [6.07, 6.45) is 1.97. The van der Waals surface area contributed by atoms with Gasteiger partial charge in [0.25, 0.3) is 10.0 Å². The lowest BCUT2D eigenvalue weighted by molar-refractivity contribution is -0.140. The number of rotatable bonds is 14. The standard InChI is InChI=1S/C31H38FN3O5S/c1-5-7-20-33-31(37)28(6-2)34(21-24-14-16-25(40-4)17-15-24)30(36)22-35(29-11-9-8-10-27(29)32)41(38,39)26-18-12-23(3)13-19-26/h8-19,28H,5-7,20-22H2,1-4H3,(H,33,37). The number of carbonyl (C=O) groups excluding carboxylic acids is 2. The van der Waals surface area contributed by atoms with Crippen molar-refractivity contribution < 1.29 is 27.1 Å². The maximum absolute atomic E-state index is 15.0. The van der Waals surface area contributed by atoms with Crippen LogP contribution in [0, 0.1) is 12.7 Å². The van der Waals surface area contributed by atoms with Gasteiger partial charge in [-0.05, 0) is 61.7 Å². The van der Waals surface area contributed by atoms with E-state index in [2.05, 4.69) is 5.32 Å². The SMILES string of the molecule is CCCCNC(=O)C(CC)N(Cc1ccc(OC)cc1)C(=O)CN(c1ccccc1F)S(=O)(=O)c1ccc(C)cc1. The summed E-state index contributed by atoms with van der Waals surface area (Å²) >= 11 is 0. The number of methoxy groups -OCH3 is 1. The molecule has 0 aliphatic rings. The van der Waals surface area contributed by atoms with E-state index in [9.17, 15) is 18.0 Å². The summed E-state index contributed by atoms with van der Waals surface area (Å²) in [6, 6.07) is 17.7. The largest absolute Gasteiger partial charge is 0.497 e. The van der Waals surface area contributed by atoms with Gasteiger partial charge in [-0.1, -0.05) is 62.2 Å². The number of benzene rings is 3. The summed E-state index contributed by atoms with van der Waals surface area (Å²) in [4.78, 5) is 28.5. The monoisotopic (exact) mass is 583 g/mol. The number of nitrogens with zero attached hydrogens (tertiary/aromatic N) is 2. The highest BCUT2D eigenvalue weighted by Gasteiger charge is 2.34. The molecule has 2 amide bonds. The number of aryl methyl sites for hydroxylation is 1. The molecule has 0 bridgehead atoms. The summed E-state index contributed by atoms with van der Waals surface area (Å²) in [7, 11) is -2.80. The van der Waals surface area contributed by atoms with Crippen LogP contribution in [0.4, 0.5) is 10.1 Å². The molecule has 10 heteroatoms. The van der Waals surface area contributed by atoms with Gasteiger partial charge in [0.2, 0.25) is 11.8 Å². The molecular formula is C31H38FN3O5S. The van der Waals surface area contributed by atoms with Crippen LogP contribution in [0.15, 0.2) is 77.7 Å². The fraction of sp³-hybridized carbons (Fsp3) is 0.355. The Balaban J connectivity index is 2.04. The van der Waals surface area contributed by atoms with Crippen LogP contribution >= 0.6 is 0 Å². The second-order valence-corrected chi connectivity index (χ2v) is 11.6. The molecule has 8 nitrogen and oxygen atoms in total. The molecule has 41 heavy (non-hydrogen) atoms. The van der Waals surface area contributed by atoms with Gasteiger partial charge in [-0.25, -0.2) is 12.8 Å². The van der Waals surface area contributed by atoms with Crippen molar-refractivity contribution in [3.05, 3.63) is 89.7 Å². The first-order valence-corrected chi connectivity index (χ1v) is 15.1. The lowest BCUT2D eigenvalue weighted by atomic mass is 10.1. The zero-order chi connectivity index (χ0) is 30.0. The summed E-state index contributed by atoms with van der Waals surface area (Å²) in [5.74, 6) is -1.13. The number of unbranched alkanes of at least 4 members (excludes halogenated alkanes) is 1. The van der Waals surface area contributed by atoms with Crippen LogP contribution in [-0.2, 0) is 26.2 Å². The predicted octanol–water partition coefficient (Wildman–Crippen LogP) is 5.06. The van der Waals surface area contributed by atoms with Crippen molar-refractivity contribution in [3.63, 3.8) is 0 Å². The van der Waals surface area contributed by atoms with E-state index in [-0.39, 0.29) is 23.0 Å². The van der Waals surface area contributed by atoms with Crippen LogP contribution in [0.25, 0.3) is 0 Å². The molecule has 1 atom stereocenters. The molecule has 0 aliphatic heterocycles. The van der Waals surface area contributed by atoms with Gasteiger partial charge in [0.1, 0.15) is 24.2 Å². The quantitative estimate of drug-likeness (QED) is 0.268. The van der Waals surface area contributed by atoms with Crippen molar-refractivity contribution in [1.82, 2.24) is 10.2 Å². The molecule has 0 spiro atoms. The molecule has 1 N–H and O–H groups in total. The molecule has 3 rings (SSSR count). The molecule has 0 aliphatic carbocycles. The zero-order valence-electron chi connectivity index (χ0n) is 24.0. The second kappa shape index (κ2) is 14.6. The summed E-state index contributed by atoms with van der Waals surface area (Å²) < 4.78 is 48.7. The second-order valence-electron chi connectivity index (χ2n) is 9.71. The Morgan fingerprint density at radius 1 is 0.976 bits per heavy atom. The van der Waals surface area contributed by atoms with E-state index in [1.807, 2.05) is 13.8 Å². The first-order chi connectivity index (χ1) is 19.6. The average molecular weight is 584 g/mol. The van der Waals surface area contributed by atoms with Gasteiger partial charge < -0.3 is 15.0 Å². The minimum Gasteiger partial charge on any atom is -0.497 e. The van der Waals surface area contributed by atoms with Gasteiger partial charge in [-0.2, -0.15) is 0 Å². The van der Waals surface area contributed by atoms with Crippen LogP contribution in [0.3, 0.4) is 0 Å². The number of carbonyl (C=O) groups is 2. The van der Waals surface area contributed by atoms with E-state index in [0.717, 1.165) is 34.3 Å². The molecule has 0 fully saturated rings. The Kier molecular flexibility index (Phi) is 11.3. The zero-order valence-corrected chi connectivity index (χ0v) is 24.8. The normalized spacial score (nSPS) is 11.9. The lowest BCUT2D eigenvalue weighted by Gasteiger charge is -2.33. The predicted molar refractivity (Wildman–Crippen MR) is 158 cm³/mol. The molecule has 1 unspecified atom stereocenters. The van der Waals surface area contributed by atoms with Crippen molar-refractivity contribution in [1.29, 1.82) is 0 Å². The van der Waals surface area contributed by atoms with Crippen LogP contribution in [0.1, 0.15) is 44.2 Å². The Labute approximate surface area is 242 Å². The van der Waals surface area contributed by atoms with Crippen molar-refractivity contribution in [2.75, 3.05) is 24.5 Å². The molecule has 3 aromatic rings. The fourth-order valence-electron chi connectivity index (χ4n) is 4.36. The summed E-state index contributed by atoms with van der Waals surface area (Å²) in [5.41, 5.74) is 1.31. The minimum absolute atomic E-state index is 0.0399. The van der Waals surface area contributed by atoms with Crippen molar-refractivity contribution >= 4 is 27.5 Å². The number of halogens is 1. The van der Waals surface area contributed by atoms with Crippen LogP contribution in [0.5, 0.6) is 5.75 Å². The highest BCUT2D eigenvalue weighted by atomic mass is 32.2. The van der Waals surface area contributed by atoms with Crippen molar-refractivity contribution in [3.8, 4) is 5.75 Å². The Morgan fingerprint density at radius 2 is 1.63 bits per heavy atom.